The molecule has 1 aliphatic heterocycles. The predicted molar refractivity (Wildman–Crippen MR) is 68.3 cm³/mol. The first-order valence-corrected chi connectivity index (χ1v) is 6.99. The van der Waals surface area contributed by atoms with E-state index in [9.17, 15) is 18.0 Å². The number of fused-ring (bicyclic) bond motifs is 1. The van der Waals surface area contributed by atoms with Gasteiger partial charge in [-0.15, -0.1) is 0 Å². The van der Waals surface area contributed by atoms with Crippen LogP contribution >= 0.6 is 0 Å². The number of nitrogens with zero attached hydrogens (tertiary/aromatic N) is 2. The Kier molecular flexibility index (Phi) is 3.54. The van der Waals surface area contributed by atoms with E-state index in [4.69, 9.17) is 15.2 Å². The summed E-state index contributed by atoms with van der Waals surface area (Å²) in [4.78, 5) is 11.0. The zero-order valence-electron chi connectivity index (χ0n) is 11.7. The Morgan fingerprint density at radius 2 is 2.27 bits per heavy atom. The molecule has 6 nitrogen and oxygen atoms in total. The van der Waals surface area contributed by atoms with E-state index in [0.29, 0.717) is 18.8 Å². The van der Waals surface area contributed by atoms with Crippen LogP contribution in [0.4, 0.5) is 13.2 Å². The fourth-order valence-corrected chi connectivity index (χ4v) is 2.43. The van der Waals surface area contributed by atoms with Crippen molar-refractivity contribution >= 4 is 5.91 Å². The molecule has 2 heterocycles. The monoisotopic (exact) mass is 319 g/mol. The zero-order chi connectivity index (χ0) is 16.0. The van der Waals surface area contributed by atoms with Crippen molar-refractivity contribution < 1.29 is 27.4 Å². The first-order chi connectivity index (χ1) is 10.3. The van der Waals surface area contributed by atoms with Crippen LogP contribution in [0.1, 0.15) is 29.8 Å². The lowest BCUT2D eigenvalue weighted by molar-refractivity contribution is -0.203. The molecule has 1 saturated carbocycles. The van der Waals surface area contributed by atoms with Gasteiger partial charge in [0.05, 0.1) is 18.6 Å². The summed E-state index contributed by atoms with van der Waals surface area (Å²) in [6.45, 7) is 0.248. The van der Waals surface area contributed by atoms with Gasteiger partial charge >= 0.3 is 6.18 Å². The van der Waals surface area contributed by atoms with E-state index in [2.05, 4.69) is 5.10 Å². The molecule has 9 heteroatoms. The number of halogens is 3. The van der Waals surface area contributed by atoms with Gasteiger partial charge in [0, 0.05) is 19.0 Å². The number of carbonyl (C=O) groups is 1. The average molecular weight is 319 g/mol. The number of carbonyl (C=O) groups excluding carboxylic acids is 1. The largest absolute Gasteiger partial charge is 0.472 e. The van der Waals surface area contributed by atoms with Gasteiger partial charge in [0.15, 0.2) is 5.69 Å². The fourth-order valence-electron chi connectivity index (χ4n) is 2.43. The van der Waals surface area contributed by atoms with Crippen molar-refractivity contribution in [1.29, 1.82) is 0 Å². The van der Waals surface area contributed by atoms with E-state index in [-0.39, 0.29) is 37.9 Å². The molecular weight excluding hydrogens is 303 g/mol. The van der Waals surface area contributed by atoms with Crippen LogP contribution in [0.2, 0.25) is 0 Å². The van der Waals surface area contributed by atoms with E-state index in [1.165, 1.54) is 10.7 Å². The SMILES string of the molecule is NC(=O)c1cc2n(n1)CCC(COCC1(C(F)(F)F)CC1)O2. The average Bonchev–Trinajstić information content (AvgIpc) is 3.10. The van der Waals surface area contributed by atoms with Crippen LogP contribution in [0.5, 0.6) is 5.88 Å². The number of nitrogens with two attached hydrogens (primary N) is 1. The van der Waals surface area contributed by atoms with Gasteiger partial charge in [-0.1, -0.05) is 0 Å². The molecule has 1 unspecified atom stereocenters. The van der Waals surface area contributed by atoms with Gasteiger partial charge in [0.2, 0.25) is 5.88 Å². The van der Waals surface area contributed by atoms with Crippen molar-refractivity contribution in [2.45, 2.75) is 38.1 Å². The topological polar surface area (TPSA) is 79.4 Å². The van der Waals surface area contributed by atoms with E-state index in [1.807, 2.05) is 0 Å². The van der Waals surface area contributed by atoms with Crippen molar-refractivity contribution in [2.75, 3.05) is 13.2 Å². The number of alkyl halides is 3. The highest BCUT2D eigenvalue weighted by Gasteiger charge is 2.63. The second-order valence-corrected chi connectivity index (χ2v) is 5.78. The number of rotatable bonds is 5. The predicted octanol–water partition coefficient (Wildman–Crippen LogP) is 1.49. The molecule has 1 fully saturated rings. The highest BCUT2D eigenvalue weighted by molar-refractivity contribution is 5.91. The molecule has 0 spiro atoms. The van der Waals surface area contributed by atoms with Crippen LogP contribution in [0.25, 0.3) is 0 Å². The normalized spacial score (nSPS) is 22.8. The van der Waals surface area contributed by atoms with Crippen LogP contribution in [0.15, 0.2) is 6.07 Å². The summed E-state index contributed by atoms with van der Waals surface area (Å²) in [5.41, 5.74) is 3.57. The van der Waals surface area contributed by atoms with Crippen LogP contribution < -0.4 is 10.5 Å². The van der Waals surface area contributed by atoms with Gasteiger partial charge in [-0.2, -0.15) is 18.3 Å². The van der Waals surface area contributed by atoms with Gasteiger partial charge in [0.25, 0.3) is 5.91 Å². The maximum Gasteiger partial charge on any atom is 0.396 e. The summed E-state index contributed by atoms with van der Waals surface area (Å²) >= 11 is 0. The summed E-state index contributed by atoms with van der Waals surface area (Å²) in [6, 6.07) is 1.42. The van der Waals surface area contributed by atoms with Gasteiger partial charge in [0.1, 0.15) is 6.10 Å². The third-order valence-corrected chi connectivity index (χ3v) is 4.08. The standard InChI is InChI=1S/C13H16F3N3O3/c14-13(15,16)12(2-3-12)7-21-6-8-1-4-19-10(22-8)5-9(18-19)11(17)20/h5,8H,1-4,6-7H2,(H2,17,20). The number of hydrogen-bond acceptors (Lipinski definition) is 4. The van der Waals surface area contributed by atoms with E-state index in [1.54, 1.807) is 0 Å². The second-order valence-electron chi connectivity index (χ2n) is 5.78. The number of hydrogen-bond donors (Lipinski definition) is 1. The first-order valence-electron chi connectivity index (χ1n) is 6.99. The molecule has 122 valence electrons. The summed E-state index contributed by atoms with van der Waals surface area (Å²) in [5, 5.41) is 3.97. The minimum Gasteiger partial charge on any atom is -0.472 e. The minimum absolute atomic E-state index is 0.0783. The minimum atomic E-state index is -4.21. The van der Waals surface area contributed by atoms with Gasteiger partial charge in [-0.05, 0) is 12.8 Å². The van der Waals surface area contributed by atoms with Crippen molar-refractivity contribution in [3.63, 3.8) is 0 Å². The molecule has 3 rings (SSSR count). The molecule has 22 heavy (non-hydrogen) atoms. The highest BCUT2D eigenvalue weighted by Crippen LogP contribution is 2.57. The van der Waals surface area contributed by atoms with Crippen LogP contribution in [-0.4, -0.2) is 41.2 Å². The van der Waals surface area contributed by atoms with Crippen LogP contribution in [0, 0.1) is 5.41 Å². The molecule has 1 aromatic rings. The number of amides is 1. The van der Waals surface area contributed by atoms with Crippen LogP contribution in [-0.2, 0) is 11.3 Å². The molecular formula is C13H16F3N3O3. The highest BCUT2D eigenvalue weighted by atomic mass is 19.4. The summed E-state index contributed by atoms with van der Waals surface area (Å²) in [6.07, 6.45) is -3.77. The fraction of sp³-hybridized carbons (Fsp3) is 0.692. The first kappa shape index (κ1) is 15.1. The lowest BCUT2D eigenvalue weighted by Crippen LogP contribution is -2.34. The summed E-state index contributed by atoms with van der Waals surface area (Å²) in [5.74, 6) is -0.273. The Hall–Kier alpha value is -1.77. The lowest BCUT2D eigenvalue weighted by Gasteiger charge is -2.25. The molecule has 0 aromatic carbocycles. The van der Waals surface area contributed by atoms with Crippen molar-refractivity contribution in [3.05, 3.63) is 11.8 Å². The Balaban J connectivity index is 1.52. The molecule has 2 aliphatic rings. The molecule has 1 amide bonds. The number of ether oxygens (including phenoxy) is 2. The third-order valence-electron chi connectivity index (χ3n) is 4.08. The molecule has 1 aliphatic carbocycles. The maximum absolute atomic E-state index is 12.8. The number of aromatic nitrogens is 2. The quantitative estimate of drug-likeness (QED) is 0.892. The molecule has 0 bridgehead atoms. The van der Waals surface area contributed by atoms with E-state index < -0.39 is 17.5 Å². The van der Waals surface area contributed by atoms with E-state index >= 15 is 0 Å². The third kappa shape index (κ3) is 2.77. The van der Waals surface area contributed by atoms with E-state index in [0.717, 1.165) is 0 Å². The van der Waals surface area contributed by atoms with Crippen molar-refractivity contribution in [1.82, 2.24) is 9.78 Å². The van der Waals surface area contributed by atoms with Gasteiger partial charge in [-0.3, -0.25) is 4.79 Å². The van der Waals surface area contributed by atoms with Crippen LogP contribution in [0.3, 0.4) is 0 Å². The van der Waals surface area contributed by atoms with Gasteiger partial charge < -0.3 is 15.2 Å². The molecule has 0 saturated heterocycles. The Morgan fingerprint density at radius 1 is 1.55 bits per heavy atom. The summed E-state index contributed by atoms with van der Waals surface area (Å²) < 4.78 is 50.6. The second kappa shape index (κ2) is 5.15. The summed E-state index contributed by atoms with van der Waals surface area (Å²) in [7, 11) is 0. The number of aryl methyl sites for hydroxylation is 1. The smallest absolute Gasteiger partial charge is 0.396 e. The lowest BCUT2D eigenvalue weighted by atomic mass is 10.1. The Labute approximate surface area is 124 Å². The molecule has 1 atom stereocenters. The maximum atomic E-state index is 12.8. The molecule has 2 N–H and O–H groups in total. The Bertz CT molecular complexity index is 581. The van der Waals surface area contributed by atoms with Crippen molar-refractivity contribution in [2.24, 2.45) is 11.1 Å². The Morgan fingerprint density at radius 3 is 2.86 bits per heavy atom. The molecule has 1 aromatic heterocycles. The molecule has 0 radical (unpaired) electrons. The van der Waals surface area contributed by atoms with Crippen molar-refractivity contribution in [3.8, 4) is 5.88 Å². The van der Waals surface area contributed by atoms with Gasteiger partial charge in [-0.25, -0.2) is 4.68 Å². The number of primary amides is 1. The zero-order valence-corrected chi connectivity index (χ0v) is 11.7.